The number of likely N-dealkylation sites (N-methyl/N-ethyl adjacent to an activating group) is 1. The van der Waals surface area contributed by atoms with E-state index >= 15 is 0 Å². The van der Waals surface area contributed by atoms with E-state index in [9.17, 15) is 19.4 Å². The normalized spacial score (nSPS) is 15.3. The fourth-order valence-electron chi connectivity index (χ4n) is 5.81. The highest BCUT2D eigenvalue weighted by molar-refractivity contribution is 7.47. The van der Waals surface area contributed by atoms with Crippen LogP contribution in [0.2, 0.25) is 0 Å². The van der Waals surface area contributed by atoms with Crippen molar-refractivity contribution >= 4 is 13.7 Å². The lowest BCUT2D eigenvalue weighted by molar-refractivity contribution is -0.870. The molecule has 356 valence electrons. The van der Waals surface area contributed by atoms with Gasteiger partial charge in [-0.2, -0.15) is 0 Å². The SMILES string of the molecule is CC/C=C\C/C=C\C/C=C\C/C=C\C/C=C\C/C=C\C/C=C\C/C=C\C/C=C\CCCCCC(=O)NC(COP(=O)(O)OCC[N+](C)(C)C)C(O)/C=C/CC/C=C/CCCCCC. The van der Waals surface area contributed by atoms with Gasteiger partial charge in [-0.15, -0.1) is 0 Å². The van der Waals surface area contributed by atoms with Crippen LogP contribution in [0.25, 0.3) is 0 Å². The number of unbranched alkanes of at least 4 members (excludes halogenated alkanes) is 8. The van der Waals surface area contributed by atoms with Crippen LogP contribution in [-0.4, -0.2) is 73.4 Å². The van der Waals surface area contributed by atoms with E-state index < -0.39 is 20.0 Å². The van der Waals surface area contributed by atoms with Gasteiger partial charge in [0.2, 0.25) is 5.91 Å². The summed E-state index contributed by atoms with van der Waals surface area (Å²) in [7, 11) is 1.50. The van der Waals surface area contributed by atoms with Crippen LogP contribution in [0.1, 0.15) is 149 Å². The highest BCUT2D eigenvalue weighted by Gasteiger charge is 2.27. The number of aliphatic hydroxyl groups excluding tert-OH is 1. The van der Waals surface area contributed by atoms with Crippen LogP contribution in [-0.2, 0) is 18.4 Å². The Kier molecular flexibility index (Phi) is 41.5. The molecule has 0 bridgehead atoms. The van der Waals surface area contributed by atoms with Crippen LogP contribution in [0.15, 0.2) is 134 Å². The molecule has 0 fully saturated rings. The number of hydrogen-bond donors (Lipinski definition) is 3. The second kappa shape index (κ2) is 43.9. The molecule has 1 amide bonds. The Hall–Kier alpha value is -3.36. The van der Waals surface area contributed by atoms with Crippen LogP contribution < -0.4 is 5.32 Å². The molecule has 0 aliphatic heterocycles. The van der Waals surface area contributed by atoms with Gasteiger partial charge in [0, 0.05) is 6.42 Å². The molecule has 0 aromatic carbocycles. The Bertz CT molecular complexity index is 1480. The first-order valence-electron chi connectivity index (χ1n) is 24.1. The number of amides is 1. The number of phosphoric ester groups is 1. The lowest BCUT2D eigenvalue weighted by atomic mass is 10.1. The molecule has 0 aliphatic carbocycles. The van der Waals surface area contributed by atoms with Crippen LogP contribution in [0.4, 0.5) is 0 Å². The largest absolute Gasteiger partial charge is 0.472 e. The number of aliphatic hydroxyl groups is 1. The van der Waals surface area contributed by atoms with Gasteiger partial charge in [-0.1, -0.05) is 173 Å². The summed E-state index contributed by atoms with van der Waals surface area (Å²) < 4.78 is 23.5. The number of carbonyl (C=O) groups excluding carboxylic acids is 1. The Balaban J connectivity index is 4.34. The van der Waals surface area contributed by atoms with E-state index in [4.69, 9.17) is 9.05 Å². The number of nitrogens with zero attached hydrogens (tertiary/aromatic N) is 1. The molecule has 9 heteroatoms. The van der Waals surface area contributed by atoms with Crippen LogP contribution in [0.3, 0.4) is 0 Å². The van der Waals surface area contributed by atoms with Crippen molar-refractivity contribution in [2.24, 2.45) is 0 Å². The molecular formula is C54H90N2O6P+. The van der Waals surface area contributed by atoms with Crippen molar-refractivity contribution in [3.63, 3.8) is 0 Å². The number of hydrogen-bond acceptors (Lipinski definition) is 5. The van der Waals surface area contributed by atoms with Crippen molar-refractivity contribution in [2.45, 2.75) is 161 Å². The summed E-state index contributed by atoms with van der Waals surface area (Å²) in [6, 6.07) is -0.889. The highest BCUT2D eigenvalue weighted by Crippen LogP contribution is 2.43. The molecule has 3 atom stereocenters. The summed E-state index contributed by atoms with van der Waals surface area (Å²) in [5, 5.41) is 13.7. The number of rotatable bonds is 41. The molecule has 3 unspecified atom stereocenters. The fraction of sp³-hybridized carbons (Fsp3) is 0.574. The maximum atomic E-state index is 12.9. The summed E-state index contributed by atoms with van der Waals surface area (Å²) >= 11 is 0. The number of allylic oxidation sites excluding steroid dienone is 21. The molecule has 0 saturated carbocycles. The van der Waals surface area contributed by atoms with Gasteiger partial charge in [0.1, 0.15) is 13.2 Å². The van der Waals surface area contributed by atoms with Gasteiger partial charge in [-0.05, 0) is 103 Å². The third-order valence-electron chi connectivity index (χ3n) is 9.60. The van der Waals surface area contributed by atoms with Crippen molar-refractivity contribution < 1.29 is 32.9 Å². The van der Waals surface area contributed by atoms with Crippen molar-refractivity contribution in [3.8, 4) is 0 Å². The zero-order valence-corrected chi connectivity index (χ0v) is 41.1. The first kappa shape index (κ1) is 59.6. The maximum Gasteiger partial charge on any atom is 0.472 e. The molecular weight excluding hydrogens is 804 g/mol. The first-order chi connectivity index (χ1) is 30.5. The van der Waals surface area contributed by atoms with Gasteiger partial charge >= 0.3 is 7.82 Å². The Morgan fingerprint density at radius 1 is 0.556 bits per heavy atom. The first-order valence-corrected chi connectivity index (χ1v) is 25.6. The third-order valence-corrected chi connectivity index (χ3v) is 10.6. The quantitative estimate of drug-likeness (QED) is 0.0244. The predicted octanol–water partition coefficient (Wildman–Crippen LogP) is 14.0. The topological polar surface area (TPSA) is 105 Å². The number of carbonyl (C=O) groups is 1. The van der Waals surface area contributed by atoms with E-state index in [1.54, 1.807) is 6.08 Å². The number of phosphoric acid groups is 1. The third kappa shape index (κ3) is 46.4. The van der Waals surface area contributed by atoms with Crippen LogP contribution in [0, 0.1) is 0 Å². The van der Waals surface area contributed by atoms with Gasteiger partial charge in [0.25, 0.3) is 0 Å². The maximum absolute atomic E-state index is 12.9. The van der Waals surface area contributed by atoms with Gasteiger partial charge in [-0.25, -0.2) is 4.57 Å². The Morgan fingerprint density at radius 3 is 1.43 bits per heavy atom. The molecule has 0 saturated heterocycles. The molecule has 0 aromatic heterocycles. The second-order valence-electron chi connectivity index (χ2n) is 16.7. The van der Waals surface area contributed by atoms with E-state index in [1.165, 1.54) is 25.7 Å². The van der Waals surface area contributed by atoms with Crippen molar-refractivity contribution in [3.05, 3.63) is 134 Å². The minimum atomic E-state index is -4.36. The standard InChI is InChI=1S/C54H89N2O6P/c1-6-8-10-12-14-16-18-19-20-21-22-23-24-25-26-27-28-29-30-31-32-33-34-35-36-37-38-40-42-44-46-48-54(58)55-52(51-62-63(59,60)61-50-49-56(3,4)5)53(57)47-45-43-41-39-17-15-13-11-9-7-2/h8,10,14,16-17,19-20,22-23,25-26,28-29,31-32,34-35,37-39,45,47,52-53,57H,6-7,9,11-13,15,18,21,24,27,30,33,36,40-44,46,48-51H2,1-5H3,(H-,55,58,59,60)/p+1/b10-8-,16-14-,20-19-,23-22-,26-25-,29-28-,32-31-,35-34-,38-37-,39-17+,47-45+. The monoisotopic (exact) mass is 894 g/mol. The molecule has 0 rings (SSSR count). The van der Waals surface area contributed by atoms with Crippen molar-refractivity contribution in [1.82, 2.24) is 5.32 Å². The lowest BCUT2D eigenvalue weighted by Crippen LogP contribution is -2.45. The molecule has 0 spiro atoms. The summed E-state index contributed by atoms with van der Waals surface area (Å²) in [5.74, 6) is -0.229. The van der Waals surface area contributed by atoms with Gasteiger partial charge < -0.3 is 19.8 Å². The molecule has 63 heavy (non-hydrogen) atoms. The predicted molar refractivity (Wildman–Crippen MR) is 271 cm³/mol. The molecule has 0 aromatic rings. The molecule has 0 heterocycles. The molecule has 8 nitrogen and oxygen atoms in total. The van der Waals surface area contributed by atoms with E-state index in [2.05, 4.69) is 141 Å². The lowest BCUT2D eigenvalue weighted by Gasteiger charge is -2.25. The van der Waals surface area contributed by atoms with E-state index in [0.717, 1.165) is 96.3 Å². The molecule has 3 N–H and O–H groups in total. The Labute approximate surface area is 386 Å². The van der Waals surface area contributed by atoms with Gasteiger partial charge in [0.15, 0.2) is 0 Å². The van der Waals surface area contributed by atoms with Crippen molar-refractivity contribution in [1.29, 1.82) is 0 Å². The van der Waals surface area contributed by atoms with Gasteiger partial charge in [0.05, 0.1) is 39.9 Å². The molecule has 0 radical (unpaired) electrons. The summed E-state index contributed by atoms with van der Waals surface area (Å²) in [6.07, 6.45) is 66.9. The van der Waals surface area contributed by atoms with Crippen LogP contribution in [0.5, 0.6) is 0 Å². The van der Waals surface area contributed by atoms with E-state index in [0.29, 0.717) is 23.9 Å². The summed E-state index contributed by atoms with van der Waals surface area (Å²) in [5.41, 5.74) is 0. The fourth-order valence-corrected chi connectivity index (χ4v) is 6.55. The summed E-state index contributed by atoms with van der Waals surface area (Å²) in [4.78, 5) is 23.1. The smallest absolute Gasteiger partial charge is 0.387 e. The average Bonchev–Trinajstić information content (AvgIpc) is 3.24. The average molecular weight is 894 g/mol. The number of nitrogens with one attached hydrogen (secondary N) is 1. The van der Waals surface area contributed by atoms with Gasteiger partial charge in [-0.3, -0.25) is 13.8 Å². The Morgan fingerprint density at radius 2 is 0.968 bits per heavy atom. The summed E-state index contributed by atoms with van der Waals surface area (Å²) in [6.45, 7) is 4.57. The number of quaternary nitrogens is 1. The minimum absolute atomic E-state index is 0.0409. The zero-order chi connectivity index (χ0) is 46.4. The minimum Gasteiger partial charge on any atom is -0.387 e. The zero-order valence-electron chi connectivity index (χ0n) is 40.2. The van der Waals surface area contributed by atoms with E-state index in [1.807, 2.05) is 27.2 Å². The van der Waals surface area contributed by atoms with Crippen LogP contribution >= 0.6 is 7.82 Å². The van der Waals surface area contributed by atoms with E-state index in [-0.39, 0.29) is 19.1 Å². The molecule has 0 aliphatic rings. The highest BCUT2D eigenvalue weighted by atomic mass is 31.2. The second-order valence-corrected chi connectivity index (χ2v) is 18.2. The van der Waals surface area contributed by atoms with Crippen molar-refractivity contribution in [2.75, 3.05) is 40.9 Å².